The van der Waals surface area contributed by atoms with Crippen LogP contribution in [0.15, 0.2) is 60.7 Å². The molecular weight excluding hydrogens is 304 g/mol. The number of hydrogen-bond donors (Lipinski definition) is 2. The Morgan fingerprint density at radius 2 is 1.36 bits per heavy atom. The summed E-state index contributed by atoms with van der Waals surface area (Å²) in [6, 6.07) is 21.2. The molecule has 4 N–H and O–H groups in total. The van der Waals surface area contributed by atoms with Crippen LogP contribution in [0.4, 0.5) is 11.4 Å². The van der Waals surface area contributed by atoms with Crippen molar-refractivity contribution in [1.82, 2.24) is 0 Å². The molecule has 0 aliphatic carbocycles. The van der Waals surface area contributed by atoms with Gasteiger partial charge >= 0.3 is 0 Å². The fourth-order valence-corrected chi connectivity index (χ4v) is 3.40. The Labute approximate surface area is 150 Å². The monoisotopic (exact) mass is 330 g/mol. The van der Waals surface area contributed by atoms with Crippen molar-refractivity contribution < 1.29 is 0 Å². The fourth-order valence-electron chi connectivity index (χ4n) is 3.40. The topological polar surface area (TPSA) is 52.0 Å². The lowest BCUT2D eigenvalue weighted by Crippen LogP contribution is -2.21. The normalized spacial score (nSPS) is 11.5. The van der Waals surface area contributed by atoms with Crippen LogP contribution in [0.2, 0.25) is 0 Å². The average molecular weight is 330 g/mol. The number of aryl methyl sites for hydroxylation is 2. The van der Waals surface area contributed by atoms with Crippen LogP contribution in [0.3, 0.4) is 0 Å². The third kappa shape index (κ3) is 3.12. The third-order valence-corrected chi connectivity index (χ3v) is 5.17. The Bertz CT molecular complexity index is 906. The van der Waals surface area contributed by atoms with Crippen molar-refractivity contribution in [1.29, 1.82) is 0 Å². The molecule has 0 atom stereocenters. The number of nitrogens with two attached hydrogens (primary N) is 2. The van der Waals surface area contributed by atoms with Crippen molar-refractivity contribution in [3.8, 4) is 11.1 Å². The lowest BCUT2D eigenvalue weighted by Gasteiger charge is -2.28. The zero-order valence-electron chi connectivity index (χ0n) is 15.4. The molecule has 2 heteroatoms. The van der Waals surface area contributed by atoms with E-state index in [9.17, 15) is 0 Å². The third-order valence-electron chi connectivity index (χ3n) is 5.17. The van der Waals surface area contributed by atoms with Crippen molar-refractivity contribution in [3.05, 3.63) is 82.9 Å². The molecule has 0 saturated heterocycles. The smallest absolute Gasteiger partial charge is 0.0376 e. The standard InChI is InChI=1S/C23H26N2/c1-15-7-5-6-8-19(15)17-9-11-18(12-10-17)23(3,4)20-13-16(2)21(24)14-22(20)25/h5-14H,24-25H2,1-4H3. The predicted molar refractivity (Wildman–Crippen MR) is 109 cm³/mol. The highest BCUT2D eigenvalue weighted by atomic mass is 14.6. The summed E-state index contributed by atoms with van der Waals surface area (Å²) in [5, 5.41) is 0. The van der Waals surface area contributed by atoms with E-state index in [0.29, 0.717) is 0 Å². The Morgan fingerprint density at radius 3 is 2.00 bits per heavy atom. The van der Waals surface area contributed by atoms with Gasteiger partial charge in [0, 0.05) is 16.8 Å². The van der Waals surface area contributed by atoms with Crippen molar-refractivity contribution in [2.45, 2.75) is 33.1 Å². The molecule has 0 fully saturated rings. The summed E-state index contributed by atoms with van der Waals surface area (Å²) in [7, 11) is 0. The molecule has 0 heterocycles. The maximum atomic E-state index is 6.27. The first kappa shape index (κ1) is 17.1. The van der Waals surface area contributed by atoms with E-state index in [1.807, 2.05) is 13.0 Å². The second-order valence-electron chi connectivity index (χ2n) is 7.31. The summed E-state index contributed by atoms with van der Waals surface area (Å²) in [6.07, 6.45) is 0. The molecule has 0 unspecified atom stereocenters. The Kier molecular flexibility index (Phi) is 4.30. The van der Waals surface area contributed by atoms with Crippen LogP contribution in [0.25, 0.3) is 11.1 Å². The molecule has 0 aliphatic heterocycles. The summed E-state index contributed by atoms with van der Waals surface area (Å²) in [5.41, 5.74) is 20.8. The maximum absolute atomic E-state index is 6.27. The summed E-state index contributed by atoms with van der Waals surface area (Å²) >= 11 is 0. The van der Waals surface area contributed by atoms with E-state index >= 15 is 0 Å². The summed E-state index contributed by atoms with van der Waals surface area (Å²) in [5.74, 6) is 0. The first-order chi connectivity index (χ1) is 11.8. The Balaban J connectivity index is 2.02. The van der Waals surface area contributed by atoms with Crippen LogP contribution in [0.1, 0.15) is 36.1 Å². The molecule has 3 aromatic rings. The van der Waals surface area contributed by atoms with Crippen LogP contribution in [0.5, 0.6) is 0 Å². The molecule has 25 heavy (non-hydrogen) atoms. The van der Waals surface area contributed by atoms with Gasteiger partial charge in [0.15, 0.2) is 0 Å². The Morgan fingerprint density at radius 1 is 0.720 bits per heavy atom. The van der Waals surface area contributed by atoms with E-state index in [2.05, 4.69) is 75.4 Å². The van der Waals surface area contributed by atoms with Crippen LogP contribution in [-0.4, -0.2) is 0 Å². The molecule has 3 rings (SSSR count). The van der Waals surface area contributed by atoms with Gasteiger partial charge in [-0.3, -0.25) is 0 Å². The number of nitrogen functional groups attached to an aromatic ring is 2. The number of anilines is 2. The largest absolute Gasteiger partial charge is 0.398 e. The molecule has 0 saturated carbocycles. The number of hydrogen-bond acceptors (Lipinski definition) is 2. The first-order valence-corrected chi connectivity index (χ1v) is 8.63. The van der Waals surface area contributed by atoms with E-state index < -0.39 is 0 Å². The van der Waals surface area contributed by atoms with Gasteiger partial charge in [-0.25, -0.2) is 0 Å². The van der Waals surface area contributed by atoms with Gasteiger partial charge in [0.2, 0.25) is 0 Å². The van der Waals surface area contributed by atoms with Gasteiger partial charge in [-0.05, 0) is 53.3 Å². The van der Waals surface area contributed by atoms with E-state index in [1.165, 1.54) is 22.3 Å². The van der Waals surface area contributed by atoms with E-state index in [1.54, 1.807) is 0 Å². The predicted octanol–water partition coefficient (Wildman–Crippen LogP) is 5.46. The van der Waals surface area contributed by atoms with Gasteiger partial charge in [-0.2, -0.15) is 0 Å². The second kappa shape index (κ2) is 6.29. The Hall–Kier alpha value is -2.74. The molecule has 3 aromatic carbocycles. The highest BCUT2D eigenvalue weighted by molar-refractivity contribution is 5.68. The molecular formula is C23H26N2. The fraction of sp³-hybridized carbons (Fsp3) is 0.217. The molecule has 0 aliphatic rings. The molecule has 0 aromatic heterocycles. The van der Waals surface area contributed by atoms with Crippen molar-refractivity contribution in [2.24, 2.45) is 0 Å². The quantitative estimate of drug-likeness (QED) is 0.626. The van der Waals surface area contributed by atoms with E-state index in [4.69, 9.17) is 11.5 Å². The lowest BCUT2D eigenvalue weighted by molar-refractivity contribution is 0.643. The highest BCUT2D eigenvalue weighted by Gasteiger charge is 2.26. The van der Waals surface area contributed by atoms with Gasteiger partial charge in [0.1, 0.15) is 0 Å². The van der Waals surface area contributed by atoms with Crippen LogP contribution >= 0.6 is 0 Å². The van der Waals surface area contributed by atoms with Crippen molar-refractivity contribution in [3.63, 3.8) is 0 Å². The molecule has 128 valence electrons. The summed E-state index contributed by atoms with van der Waals surface area (Å²) < 4.78 is 0. The minimum absolute atomic E-state index is 0.188. The summed E-state index contributed by atoms with van der Waals surface area (Å²) in [4.78, 5) is 0. The van der Waals surface area contributed by atoms with Crippen LogP contribution < -0.4 is 11.5 Å². The maximum Gasteiger partial charge on any atom is 0.0376 e. The zero-order valence-corrected chi connectivity index (χ0v) is 15.4. The average Bonchev–Trinajstić information content (AvgIpc) is 2.58. The molecule has 0 radical (unpaired) electrons. The van der Waals surface area contributed by atoms with Crippen molar-refractivity contribution in [2.75, 3.05) is 11.5 Å². The van der Waals surface area contributed by atoms with Gasteiger partial charge < -0.3 is 11.5 Å². The summed E-state index contributed by atoms with van der Waals surface area (Å²) in [6.45, 7) is 8.58. The lowest BCUT2D eigenvalue weighted by atomic mass is 9.76. The molecule has 2 nitrogen and oxygen atoms in total. The van der Waals surface area contributed by atoms with E-state index in [0.717, 1.165) is 22.5 Å². The molecule has 0 amide bonds. The van der Waals surface area contributed by atoms with Gasteiger partial charge in [0.25, 0.3) is 0 Å². The van der Waals surface area contributed by atoms with Gasteiger partial charge in [0.05, 0.1) is 0 Å². The number of rotatable bonds is 3. The second-order valence-corrected chi connectivity index (χ2v) is 7.31. The van der Waals surface area contributed by atoms with Gasteiger partial charge in [-0.15, -0.1) is 0 Å². The number of benzene rings is 3. The first-order valence-electron chi connectivity index (χ1n) is 8.63. The zero-order chi connectivity index (χ0) is 18.2. The van der Waals surface area contributed by atoms with E-state index in [-0.39, 0.29) is 5.41 Å². The molecule has 0 bridgehead atoms. The SMILES string of the molecule is Cc1cc(C(C)(C)c2ccc(-c3ccccc3C)cc2)c(N)cc1N. The van der Waals surface area contributed by atoms with Crippen LogP contribution in [0, 0.1) is 13.8 Å². The molecule has 0 spiro atoms. The minimum atomic E-state index is -0.188. The highest BCUT2D eigenvalue weighted by Crippen LogP contribution is 2.37. The van der Waals surface area contributed by atoms with Crippen LogP contribution in [-0.2, 0) is 5.41 Å². The van der Waals surface area contributed by atoms with Crippen molar-refractivity contribution >= 4 is 11.4 Å². The minimum Gasteiger partial charge on any atom is -0.398 e. The van der Waals surface area contributed by atoms with Gasteiger partial charge in [-0.1, -0.05) is 68.4 Å².